The smallest absolute Gasteiger partial charge is 0.129 e. The van der Waals surface area contributed by atoms with Crippen molar-refractivity contribution in [3.63, 3.8) is 0 Å². The zero-order chi connectivity index (χ0) is 9.14. The van der Waals surface area contributed by atoms with E-state index in [1.54, 1.807) is 0 Å². The summed E-state index contributed by atoms with van der Waals surface area (Å²) >= 11 is 0. The molecule has 0 spiro atoms. The first-order valence-electron chi connectivity index (χ1n) is 4.10. The summed E-state index contributed by atoms with van der Waals surface area (Å²) in [5, 5.41) is 0. The lowest BCUT2D eigenvalue weighted by molar-refractivity contribution is 0.528. The molecule has 0 aromatic heterocycles. The first kappa shape index (κ1) is 9.17. The number of halogens is 2. The maximum atomic E-state index is 13.0. The molecule has 0 N–H and O–H groups in total. The van der Waals surface area contributed by atoms with Crippen LogP contribution >= 0.6 is 0 Å². The van der Waals surface area contributed by atoms with Gasteiger partial charge in [-0.1, -0.05) is 19.9 Å². The van der Waals surface area contributed by atoms with E-state index in [2.05, 4.69) is 0 Å². The molecule has 1 atom stereocenters. The molecule has 0 radical (unpaired) electrons. The molecule has 12 heavy (non-hydrogen) atoms. The number of hydrogen-bond donors (Lipinski definition) is 0. The van der Waals surface area contributed by atoms with Gasteiger partial charge in [0.05, 0.1) is 0 Å². The van der Waals surface area contributed by atoms with Crippen LogP contribution in [0.25, 0.3) is 0 Å². The Morgan fingerprint density at radius 1 is 1.25 bits per heavy atom. The molecule has 1 aromatic rings. The summed E-state index contributed by atoms with van der Waals surface area (Å²) in [7, 11) is 0. The van der Waals surface area contributed by atoms with Crippen LogP contribution in [0.1, 0.15) is 31.7 Å². The Morgan fingerprint density at radius 3 is 2.17 bits per heavy atom. The van der Waals surface area contributed by atoms with Crippen molar-refractivity contribution in [2.24, 2.45) is 0 Å². The van der Waals surface area contributed by atoms with Gasteiger partial charge >= 0.3 is 0 Å². The predicted octanol–water partition coefficient (Wildman–Crippen LogP) is 3.48. The maximum Gasteiger partial charge on any atom is 0.129 e. The van der Waals surface area contributed by atoms with Crippen molar-refractivity contribution in [3.05, 3.63) is 35.4 Å². The summed E-state index contributed by atoms with van der Waals surface area (Å²) in [6.07, 6.45) is 0.748. The lowest BCUT2D eigenvalue weighted by atomic mass is 9.98. The van der Waals surface area contributed by atoms with Crippen LogP contribution in [-0.2, 0) is 0 Å². The molecule has 2 heteroatoms. The average Bonchev–Trinajstić information content (AvgIpc) is 2.03. The van der Waals surface area contributed by atoms with Crippen LogP contribution in [0.4, 0.5) is 8.78 Å². The average molecular weight is 170 g/mol. The van der Waals surface area contributed by atoms with Crippen molar-refractivity contribution >= 4 is 0 Å². The number of benzene rings is 1. The van der Waals surface area contributed by atoms with Crippen molar-refractivity contribution in [1.82, 2.24) is 0 Å². The topological polar surface area (TPSA) is 0 Å². The molecule has 0 saturated heterocycles. The molecule has 0 heterocycles. The standard InChI is InChI=1S/C10H12F2/c1-3-7(2)10-8(11)5-4-6-9(10)12/h4-7H,3H2,1-2H3. The first-order valence-corrected chi connectivity index (χ1v) is 4.10. The first-order chi connectivity index (χ1) is 5.66. The molecule has 0 bridgehead atoms. The van der Waals surface area contributed by atoms with E-state index in [-0.39, 0.29) is 11.5 Å². The van der Waals surface area contributed by atoms with E-state index in [0.29, 0.717) is 0 Å². The molecule has 0 amide bonds. The zero-order valence-corrected chi connectivity index (χ0v) is 7.27. The normalized spacial score (nSPS) is 13.0. The minimum absolute atomic E-state index is 0.0498. The van der Waals surface area contributed by atoms with Gasteiger partial charge in [-0.2, -0.15) is 0 Å². The fourth-order valence-electron chi connectivity index (χ4n) is 1.19. The molecular weight excluding hydrogens is 158 g/mol. The largest absolute Gasteiger partial charge is 0.207 e. The van der Waals surface area contributed by atoms with E-state index in [0.717, 1.165) is 6.42 Å². The van der Waals surface area contributed by atoms with Crippen LogP contribution in [0.5, 0.6) is 0 Å². The fraction of sp³-hybridized carbons (Fsp3) is 0.400. The Bertz CT molecular complexity index is 248. The summed E-state index contributed by atoms with van der Waals surface area (Å²) in [4.78, 5) is 0. The van der Waals surface area contributed by atoms with Crippen molar-refractivity contribution in [2.75, 3.05) is 0 Å². The molecule has 0 saturated carbocycles. The minimum Gasteiger partial charge on any atom is -0.207 e. The maximum absolute atomic E-state index is 13.0. The molecule has 1 unspecified atom stereocenters. The van der Waals surface area contributed by atoms with Crippen molar-refractivity contribution in [1.29, 1.82) is 0 Å². The van der Waals surface area contributed by atoms with E-state index in [1.807, 2.05) is 13.8 Å². The highest BCUT2D eigenvalue weighted by Crippen LogP contribution is 2.24. The van der Waals surface area contributed by atoms with Crippen LogP contribution in [0.3, 0.4) is 0 Å². The second-order valence-electron chi connectivity index (χ2n) is 2.94. The molecule has 0 aliphatic heterocycles. The molecule has 0 aliphatic rings. The molecule has 0 nitrogen and oxygen atoms in total. The molecular formula is C10H12F2. The zero-order valence-electron chi connectivity index (χ0n) is 7.27. The van der Waals surface area contributed by atoms with Gasteiger partial charge < -0.3 is 0 Å². The molecule has 0 fully saturated rings. The highest BCUT2D eigenvalue weighted by atomic mass is 19.1. The van der Waals surface area contributed by atoms with E-state index >= 15 is 0 Å². The Morgan fingerprint density at radius 2 is 1.75 bits per heavy atom. The van der Waals surface area contributed by atoms with Gasteiger partial charge in [-0.05, 0) is 24.5 Å². The highest BCUT2D eigenvalue weighted by Gasteiger charge is 2.13. The second-order valence-corrected chi connectivity index (χ2v) is 2.94. The highest BCUT2D eigenvalue weighted by molar-refractivity contribution is 5.22. The summed E-state index contributed by atoms with van der Waals surface area (Å²) < 4.78 is 26.1. The third-order valence-corrected chi connectivity index (χ3v) is 2.10. The Kier molecular flexibility index (Phi) is 2.79. The van der Waals surface area contributed by atoms with E-state index < -0.39 is 11.6 Å². The molecule has 1 aromatic carbocycles. The van der Waals surface area contributed by atoms with Gasteiger partial charge in [0.15, 0.2) is 0 Å². The summed E-state index contributed by atoms with van der Waals surface area (Å²) in [6.45, 7) is 3.73. The van der Waals surface area contributed by atoms with Crippen molar-refractivity contribution < 1.29 is 8.78 Å². The fourth-order valence-corrected chi connectivity index (χ4v) is 1.19. The molecule has 0 aliphatic carbocycles. The molecule has 66 valence electrons. The lowest BCUT2D eigenvalue weighted by Gasteiger charge is -2.10. The van der Waals surface area contributed by atoms with Crippen LogP contribution < -0.4 is 0 Å². The van der Waals surface area contributed by atoms with Gasteiger partial charge in [0.25, 0.3) is 0 Å². The van der Waals surface area contributed by atoms with Crippen LogP contribution in [0, 0.1) is 11.6 Å². The second kappa shape index (κ2) is 3.65. The van der Waals surface area contributed by atoms with E-state index in [1.165, 1.54) is 18.2 Å². The Labute approximate surface area is 71.2 Å². The predicted molar refractivity (Wildman–Crippen MR) is 45.1 cm³/mol. The summed E-state index contributed by atoms with van der Waals surface area (Å²) in [5.74, 6) is -0.931. The number of hydrogen-bond acceptors (Lipinski definition) is 0. The van der Waals surface area contributed by atoms with Crippen LogP contribution in [-0.4, -0.2) is 0 Å². The third-order valence-electron chi connectivity index (χ3n) is 2.10. The Hall–Kier alpha value is -0.920. The van der Waals surface area contributed by atoms with Gasteiger partial charge in [0.1, 0.15) is 11.6 Å². The quantitative estimate of drug-likeness (QED) is 0.637. The van der Waals surface area contributed by atoms with Crippen molar-refractivity contribution in [3.8, 4) is 0 Å². The Balaban J connectivity index is 3.12. The molecule has 1 rings (SSSR count). The van der Waals surface area contributed by atoms with E-state index in [9.17, 15) is 8.78 Å². The van der Waals surface area contributed by atoms with E-state index in [4.69, 9.17) is 0 Å². The van der Waals surface area contributed by atoms with Crippen LogP contribution in [0.2, 0.25) is 0 Å². The van der Waals surface area contributed by atoms with Crippen LogP contribution in [0.15, 0.2) is 18.2 Å². The van der Waals surface area contributed by atoms with Gasteiger partial charge in [-0.3, -0.25) is 0 Å². The SMILES string of the molecule is CCC(C)c1c(F)cccc1F. The summed E-state index contributed by atoms with van der Waals surface area (Å²) in [5.41, 5.74) is 0.208. The van der Waals surface area contributed by atoms with Gasteiger partial charge in [-0.25, -0.2) is 8.78 Å². The minimum atomic E-state index is -0.440. The monoisotopic (exact) mass is 170 g/mol. The lowest BCUT2D eigenvalue weighted by Crippen LogP contribution is -1.99. The summed E-state index contributed by atoms with van der Waals surface area (Å²) in [6, 6.07) is 3.98. The number of rotatable bonds is 2. The van der Waals surface area contributed by atoms with Crippen molar-refractivity contribution in [2.45, 2.75) is 26.2 Å². The van der Waals surface area contributed by atoms with Gasteiger partial charge in [0.2, 0.25) is 0 Å². The van der Waals surface area contributed by atoms with Gasteiger partial charge in [-0.15, -0.1) is 0 Å². The third kappa shape index (κ3) is 1.63. The van der Waals surface area contributed by atoms with Gasteiger partial charge in [0, 0.05) is 5.56 Å².